The molecule has 0 saturated carbocycles. The van der Waals surface area contributed by atoms with E-state index in [1.54, 1.807) is 0 Å². The predicted molar refractivity (Wildman–Crippen MR) is 21.4 cm³/mol. The quantitative estimate of drug-likeness (QED) is 0.544. The molecule has 0 aliphatic rings. The first-order valence-corrected chi connectivity index (χ1v) is 2.26. The molecule has 0 unspecified atom stereocenters. The summed E-state index contributed by atoms with van der Waals surface area (Å²) in [6, 6.07) is 0. The van der Waals surface area contributed by atoms with Gasteiger partial charge >= 0.3 is 49.1 Å². The maximum absolute atomic E-state index is 9.81. The molecule has 0 saturated heterocycles. The summed E-state index contributed by atoms with van der Waals surface area (Å²) in [6.07, 6.45) is 0. The fourth-order valence-electron chi connectivity index (χ4n) is 0.0412. The van der Waals surface area contributed by atoms with Gasteiger partial charge in [-0.05, 0) is 0 Å². The van der Waals surface area contributed by atoms with Crippen molar-refractivity contribution < 1.29 is 25.6 Å². The second-order valence-corrected chi connectivity index (χ2v) is 1.38. The molecule has 0 bridgehead atoms. The average Bonchev–Trinajstić information content (AvgIpc) is 1.65. The van der Waals surface area contributed by atoms with Gasteiger partial charge in [0.1, 0.15) is 0 Å². The van der Waals surface area contributed by atoms with Crippen LogP contribution >= 0.6 is 0 Å². The normalized spacial score (nSPS) is 11.6. The molecular weight excluding hydrogens is 139 g/mol. The number of hydrogen-bond acceptors (Lipinski definition) is 1. The van der Waals surface area contributed by atoms with Crippen molar-refractivity contribution in [2.75, 3.05) is 0 Å². The zero-order valence-electron chi connectivity index (χ0n) is 3.77. The molecule has 0 spiro atoms. The van der Waals surface area contributed by atoms with Gasteiger partial charge in [0, 0.05) is 0 Å². The van der Waals surface area contributed by atoms with Crippen LogP contribution in [0.3, 0.4) is 0 Å². The molecular formula is C4H5CoO2. The zero-order valence-corrected chi connectivity index (χ0v) is 4.81. The van der Waals surface area contributed by atoms with E-state index in [2.05, 4.69) is 15.7 Å². The van der Waals surface area contributed by atoms with Gasteiger partial charge in [-0.15, -0.1) is 0 Å². The van der Waals surface area contributed by atoms with Crippen LogP contribution < -0.4 is 0 Å². The molecule has 0 fully saturated rings. The minimum atomic E-state index is -0.923. The van der Waals surface area contributed by atoms with Gasteiger partial charge in [-0.2, -0.15) is 0 Å². The molecule has 3 heteroatoms. The van der Waals surface area contributed by atoms with E-state index in [0.717, 1.165) is 0 Å². The molecule has 0 aliphatic carbocycles. The summed E-state index contributed by atoms with van der Waals surface area (Å²) in [7, 11) is 0. The summed E-state index contributed by atoms with van der Waals surface area (Å²) in [6.45, 7) is 1.48. The number of aliphatic carboxylic acids is 1. The van der Waals surface area contributed by atoms with E-state index in [9.17, 15) is 4.79 Å². The van der Waals surface area contributed by atoms with Gasteiger partial charge in [-0.1, -0.05) is 0 Å². The summed E-state index contributed by atoms with van der Waals surface area (Å²) in [5, 5.41) is 9.31. The fraction of sp³-hybridized carbons (Fsp3) is 0.250. The standard InChI is InChI=1S/C4H5O2.Co/c1-3(2)4(5)6;/h1H,2H3,(H,5,6);. The number of hydrogen-bond donors (Lipinski definition) is 1. The number of carboxylic acid groups (broad SMARTS) is 1. The first kappa shape index (κ1) is 6.72. The van der Waals surface area contributed by atoms with Crippen LogP contribution in [-0.4, -0.2) is 11.1 Å². The Morgan fingerprint density at radius 2 is 2.29 bits per heavy atom. The first-order valence-electron chi connectivity index (χ1n) is 1.66. The van der Waals surface area contributed by atoms with Gasteiger partial charge < -0.3 is 0 Å². The Balaban J connectivity index is 3.82. The molecule has 2 nitrogen and oxygen atoms in total. The van der Waals surface area contributed by atoms with E-state index in [1.807, 2.05) is 0 Å². The predicted octanol–water partition coefficient (Wildman–Crippen LogP) is 0.522. The molecule has 0 radical (unpaired) electrons. The van der Waals surface area contributed by atoms with Crippen LogP contribution in [0.4, 0.5) is 0 Å². The summed E-state index contributed by atoms with van der Waals surface area (Å²) in [5.74, 6) is -0.923. The van der Waals surface area contributed by atoms with E-state index in [0.29, 0.717) is 0 Å². The van der Waals surface area contributed by atoms with Crippen molar-refractivity contribution in [1.82, 2.24) is 0 Å². The van der Waals surface area contributed by atoms with Gasteiger partial charge in [0.25, 0.3) is 0 Å². The SMILES string of the molecule is CC(=[CH][Co])C(=O)O. The molecule has 0 aromatic rings. The Kier molecular flexibility index (Phi) is 2.70. The van der Waals surface area contributed by atoms with Gasteiger partial charge in [-0.25, -0.2) is 0 Å². The number of rotatable bonds is 1. The van der Waals surface area contributed by atoms with E-state index in [4.69, 9.17) is 5.11 Å². The number of carbonyl (C=O) groups is 1. The maximum atomic E-state index is 9.81. The van der Waals surface area contributed by atoms with Crippen molar-refractivity contribution in [3.63, 3.8) is 0 Å². The van der Waals surface area contributed by atoms with Gasteiger partial charge in [0.15, 0.2) is 0 Å². The second-order valence-electron chi connectivity index (χ2n) is 1.08. The molecule has 0 rings (SSSR count). The van der Waals surface area contributed by atoms with Crippen LogP contribution in [0.25, 0.3) is 0 Å². The molecule has 0 amide bonds. The molecule has 42 valence electrons. The topological polar surface area (TPSA) is 37.3 Å². The molecule has 0 aromatic heterocycles. The fourth-order valence-corrected chi connectivity index (χ4v) is 0.170. The molecule has 1 N–H and O–H groups in total. The van der Waals surface area contributed by atoms with Crippen LogP contribution in [-0.2, 0) is 20.5 Å². The van der Waals surface area contributed by atoms with Gasteiger partial charge in [0.2, 0.25) is 0 Å². The monoisotopic (exact) mass is 144 g/mol. The van der Waals surface area contributed by atoms with Crippen molar-refractivity contribution in [3.8, 4) is 0 Å². The van der Waals surface area contributed by atoms with Crippen molar-refractivity contribution in [1.29, 1.82) is 0 Å². The minimum absolute atomic E-state index is 0.250. The van der Waals surface area contributed by atoms with E-state index in [-0.39, 0.29) is 5.57 Å². The second kappa shape index (κ2) is 2.82. The summed E-state index contributed by atoms with van der Waals surface area (Å²) in [4.78, 5) is 9.81. The van der Waals surface area contributed by atoms with E-state index in [1.165, 1.54) is 11.9 Å². The Morgan fingerprint density at radius 3 is 2.29 bits per heavy atom. The van der Waals surface area contributed by atoms with Crippen molar-refractivity contribution in [3.05, 3.63) is 10.6 Å². The Morgan fingerprint density at radius 1 is 1.86 bits per heavy atom. The molecule has 0 heterocycles. The van der Waals surface area contributed by atoms with Crippen LogP contribution in [0.15, 0.2) is 10.6 Å². The summed E-state index contributed by atoms with van der Waals surface area (Å²) >= 11 is 3.66. The van der Waals surface area contributed by atoms with Crippen molar-refractivity contribution >= 4 is 5.97 Å². The molecule has 0 aliphatic heterocycles. The molecule has 7 heavy (non-hydrogen) atoms. The third-order valence-electron chi connectivity index (χ3n) is 0.482. The van der Waals surface area contributed by atoms with Gasteiger partial charge in [0.05, 0.1) is 0 Å². The van der Waals surface area contributed by atoms with Crippen LogP contribution in [0.1, 0.15) is 6.92 Å². The van der Waals surface area contributed by atoms with Gasteiger partial charge in [-0.3, -0.25) is 0 Å². The summed E-state index contributed by atoms with van der Waals surface area (Å²) < 4.78 is 0. The van der Waals surface area contributed by atoms with Crippen LogP contribution in [0, 0.1) is 0 Å². The molecule has 0 atom stereocenters. The Bertz CT molecular complexity index is 106. The zero-order chi connectivity index (χ0) is 5.86. The first-order chi connectivity index (χ1) is 3.18. The third-order valence-corrected chi connectivity index (χ3v) is 0.932. The van der Waals surface area contributed by atoms with Crippen LogP contribution in [0.2, 0.25) is 0 Å². The van der Waals surface area contributed by atoms with Crippen LogP contribution in [0.5, 0.6) is 0 Å². The summed E-state index contributed by atoms with van der Waals surface area (Å²) in [5.41, 5.74) is 0.250. The van der Waals surface area contributed by atoms with E-state index >= 15 is 0 Å². The van der Waals surface area contributed by atoms with E-state index < -0.39 is 5.97 Å². The number of carboxylic acids is 1. The van der Waals surface area contributed by atoms with Crippen molar-refractivity contribution in [2.24, 2.45) is 0 Å². The third kappa shape index (κ3) is 2.42. The Labute approximate surface area is 49.8 Å². The molecule has 0 aromatic carbocycles. The van der Waals surface area contributed by atoms with Crippen molar-refractivity contribution in [2.45, 2.75) is 6.92 Å². The Hall–Kier alpha value is -0.284. The average molecular weight is 144 g/mol.